The minimum atomic E-state index is -0.661. The van der Waals surface area contributed by atoms with E-state index in [4.69, 9.17) is 11.6 Å². The summed E-state index contributed by atoms with van der Waals surface area (Å²) in [5, 5.41) is 7.60. The van der Waals surface area contributed by atoms with Crippen molar-refractivity contribution in [3.63, 3.8) is 0 Å². The molecule has 15 heavy (non-hydrogen) atoms. The summed E-state index contributed by atoms with van der Waals surface area (Å²) in [7, 11) is 0. The fourth-order valence-corrected chi connectivity index (χ4v) is 1.98. The van der Waals surface area contributed by atoms with E-state index in [0.29, 0.717) is 10.6 Å². The predicted octanol–water partition coefficient (Wildman–Crippen LogP) is 3.45. The van der Waals surface area contributed by atoms with Gasteiger partial charge in [0.15, 0.2) is 5.01 Å². The molecule has 0 fully saturated rings. The van der Waals surface area contributed by atoms with Crippen LogP contribution in [0, 0.1) is 18.6 Å². The van der Waals surface area contributed by atoms with Crippen LogP contribution in [0.15, 0.2) is 12.1 Å². The second kappa shape index (κ2) is 3.83. The Morgan fingerprint density at radius 3 is 2.53 bits per heavy atom. The molecule has 0 spiro atoms. The van der Waals surface area contributed by atoms with Gasteiger partial charge in [0.2, 0.25) is 4.47 Å². The standard InChI is InChI=1S/C9H5ClF2N2S/c1-4-2-5(7(12)3-6(4)11)8-13-14-9(10)15-8/h2-3H,1H3. The molecule has 2 aromatic rings. The summed E-state index contributed by atoms with van der Waals surface area (Å²) < 4.78 is 26.6. The van der Waals surface area contributed by atoms with Gasteiger partial charge in [0.1, 0.15) is 11.6 Å². The maximum absolute atomic E-state index is 13.4. The molecule has 0 bridgehead atoms. The molecule has 0 radical (unpaired) electrons. The van der Waals surface area contributed by atoms with Crippen molar-refractivity contribution in [1.82, 2.24) is 10.2 Å². The summed E-state index contributed by atoms with van der Waals surface area (Å²) in [6.07, 6.45) is 0. The van der Waals surface area contributed by atoms with E-state index in [1.807, 2.05) is 0 Å². The first-order valence-electron chi connectivity index (χ1n) is 4.03. The quantitative estimate of drug-likeness (QED) is 0.770. The van der Waals surface area contributed by atoms with Gasteiger partial charge in [0.05, 0.1) is 0 Å². The lowest BCUT2D eigenvalue weighted by Gasteiger charge is -2.01. The van der Waals surface area contributed by atoms with Gasteiger partial charge < -0.3 is 0 Å². The Kier molecular flexibility index (Phi) is 2.67. The van der Waals surface area contributed by atoms with Gasteiger partial charge in [0, 0.05) is 11.6 Å². The van der Waals surface area contributed by atoms with E-state index in [1.165, 1.54) is 6.07 Å². The number of nitrogens with zero attached hydrogens (tertiary/aromatic N) is 2. The second-order valence-electron chi connectivity index (χ2n) is 2.94. The molecule has 1 aromatic carbocycles. The van der Waals surface area contributed by atoms with Crippen molar-refractivity contribution in [2.75, 3.05) is 0 Å². The van der Waals surface area contributed by atoms with Crippen molar-refractivity contribution in [3.8, 4) is 10.6 Å². The molecule has 0 aliphatic carbocycles. The van der Waals surface area contributed by atoms with Gasteiger partial charge in [-0.15, -0.1) is 10.2 Å². The molecule has 0 saturated heterocycles. The average Bonchev–Trinajstić information content (AvgIpc) is 2.58. The molecule has 0 saturated carbocycles. The zero-order valence-electron chi connectivity index (χ0n) is 7.59. The highest BCUT2D eigenvalue weighted by Crippen LogP contribution is 2.29. The van der Waals surface area contributed by atoms with Crippen LogP contribution in [0.3, 0.4) is 0 Å². The van der Waals surface area contributed by atoms with Crippen LogP contribution < -0.4 is 0 Å². The first-order chi connectivity index (χ1) is 7.08. The number of halogens is 3. The minimum Gasteiger partial charge on any atom is -0.207 e. The van der Waals surface area contributed by atoms with Crippen LogP contribution >= 0.6 is 22.9 Å². The average molecular weight is 247 g/mol. The lowest BCUT2D eigenvalue weighted by atomic mass is 10.1. The van der Waals surface area contributed by atoms with Gasteiger partial charge in [-0.25, -0.2) is 8.78 Å². The molecular weight excluding hydrogens is 242 g/mol. The smallest absolute Gasteiger partial charge is 0.207 e. The molecule has 0 N–H and O–H groups in total. The first kappa shape index (κ1) is 10.4. The number of hydrogen-bond donors (Lipinski definition) is 0. The molecule has 1 aromatic heterocycles. The summed E-state index contributed by atoms with van der Waals surface area (Å²) in [5.74, 6) is -1.24. The van der Waals surface area contributed by atoms with Crippen LogP contribution in [0.1, 0.15) is 5.56 Å². The van der Waals surface area contributed by atoms with Crippen molar-refractivity contribution >= 4 is 22.9 Å². The van der Waals surface area contributed by atoms with Crippen LogP contribution in [0.25, 0.3) is 10.6 Å². The van der Waals surface area contributed by atoms with Crippen molar-refractivity contribution in [3.05, 3.63) is 33.8 Å². The van der Waals surface area contributed by atoms with Crippen LogP contribution in [0.5, 0.6) is 0 Å². The van der Waals surface area contributed by atoms with E-state index < -0.39 is 11.6 Å². The molecule has 0 unspecified atom stereocenters. The van der Waals surface area contributed by atoms with Gasteiger partial charge in [-0.05, 0) is 30.2 Å². The van der Waals surface area contributed by atoms with E-state index in [1.54, 1.807) is 6.92 Å². The van der Waals surface area contributed by atoms with Crippen molar-refractivity contribution in [2.24, 2.45) is 0 Å². The molecule has 0 atom stereocenters. The Hall–Kier alpha value is -1.07. The molecule has 0 aliphatic heterocycles. The van der Waals surface area contributed by atoms with E-state index in [0.717, 1.165) is 17.4 Å². The fourth-order valence-electron chi connectivity index (χ4n) is 1.14. The molecule has 2 nitrogen and oxygen atoms in total. The number of rotatable bonds is 1. The number of aryl methyl sites for hydroxylation is 1. The number of benzene rings is 1. The van der Waals surface area contributed by atoms with Gasteiger partial charge in [-0.2, -0.15) is 0 Å². The highest BCUT2D eigenvalue weighted by atomic mass is 35.5. The third-order valence-electron chi connectivity index (χ3n) is 1.88. The summed E-state index contributed by atoms with van der Waals surface area (Å²) >= 11 is 6.63. The number of hydrogen-bond acceptors (Lipinski definition) is 3. The van der Waals surface area contributed by atoms with Gasteiger partial charge >= 0.3 is 0 Å². The molecule has 6 heteroatoms. The van der Waals surface area contributed by atoms with E-state index in [2.05, 4.69) is 10.2 Å². The highest BCUT2D eigenvalue weighted by Gasteiger charge is 2.13. The van der Waals surface area contributed by atoms with E-state index >= 15 is 0 Å². The largest absolute Gasteiger partial charge is 0.207 e. The summed E-state index contributed by atoms with van der Waals surface area (Å²) in [5.41, 5.74) is 0.580. The third-order valence-corrected chi connectivity index (χ3v) is 2.93. The Bertz CT molecular complexity index is 513. The molecule has 78 valence electrons. The van der Waals surface area contributed by atoms with Gasteiger partial charge in [-0.1, -0.05) is 11.3 Å². The summed E-state index contributed by atoms with van der Waals surface area (Å²) in [6, 6.07) is 2.22. The van der Waals surface area contributed by atoms with Crippen LogP contribution in [0.4, 0.5) is 8.78 Å². The maximum atomic E-state index is 13.4. The van der Waals surface area contributed by atoms with E-state index in [9.17, 15) is 8.78 Å². The molecule has 1 heterocycles. The molecule has 2 rings (SSSR count). The van der Waals surface area contributed by atoms with Crippen molar-refractivity contribution < 1.29 is 8.78 Å². The first-order valence-corrected chi connectivity index (χ1v) is 5.22. The highest BCUT2D eigenvalue weighted by molar-refractivity contribution is 7.18. The molecule has 0 aliphatic rings. The zero-order valence-corrected chi connectivity index (χ0v) is 9.16. The minimum absolute atomic E-state index is 0.221. The second-order valence-corrected chi connectivity index (χ2v) is 4.50. The lowest BCUT2D eigenvalue weighted by Crippen LogP contribution is -1.90. The maximum Gasteiger partial charge on any atom is 0.207 e. The van der Waals surface area contributed by atoms with Crippen molar-refractivity contribution in [2.45, 2.75) is 6.92 Å². The van der Waals surface area contributed by atoms with Gasteiger partial charge in [-0.3, -0.25) is 0 Å². The van der Waals surface area contributed by atoms with Crippen molar-refractivity contribution in [1.29, 1.82) is 0 Å². The predicted molar refractivity (Wildman–Crippen MR) is 55.0 cm³/mol. The van der Waals surface area contributed by atoms with Crippen LogP contribution in [0.2, 0.25) is 4.47 Å². The zero-order chi connectivity index (χ0) is 11.0. The van der Waals surface area contributed by atoms with Crippen LogP contribution in [-0.4, -0.2) is 10.2 Å². The van der Waals surface area contributed by atoms with Gasteiger partial charge in [0.25, 0.3) is 0 Å². The fraction of sp³-hybridized carbons (Fsp3) is 0.111. The Morgan fingerprint density at radius 1 is 1.20 bits per heavy atom. The summed E-state index contributed by atoms with van der Waals surface area (Å²) in [6.45, 7) is 1.56. The van der Waals surface area contributed by atoms with Crippen LogP contribution in [-0.2, 0) is 0 Å². The van der Waals surface area contributed by atoms with E-state index in [-0.39, 0.29) is 10.0 Å². The topological polar surface area (TPSA) is 25.8 Å². The SMILES string of the molecule is Cc1cc(-c2nnc(Cl)s2)c(F)cc1F. The Balaban J connectivity index is 2.58. The lowest BCUT2D eigenvalue weighted by molar-refractivity contribution is 0.579. The normalized spacial score (nSPS) is 10.7. The third kappa shape index (κ3) is 1.98. The number of aromatic nitrogens is 2. The summed E-state index contributed by atoms with van der Waals surface area (Å²) in [4.78, 5) is 0. The monoisotopic (exact) mass is 246 g/mol. The Labute approximate surface area is 93.5 Å². The molecule has 0 amide bonds. The molecular formula is C9H5ClF2N2S. The Morgan fingerprint density at radius 2 is 1.93 bits per heavy atom.